The number of aryl methyl sites for hydroxylation is 1. The van der Waals surface area contributed by atoms with Gasteiger partial charge in [0.1, 0.15) is 6.04 Å². The predicted molar refractivity (Wildman–Crippen MR) is 114 cm³/mol. The minimum absolute atomic E-state index is 0.150. The van der Waals surface area contributed by atoms with Gasteiger partial charge in [0.15, 0.2) is 0 Å². The Labute approximate surface area is 176 Å². The third-order valence-corrected chi connectivity index (χ3v) is 5.86. The molecule has 8 heteroatoms. The van der Waals surface area contributed by atoms with E-state index in [2.05, 4.69) is 26.6 Å². The van der Waals surface area contributed by atoms with Gasteiger partial charge in [0.2, 0.25) is 11.8 Å². The van der Waals surface area contributed by atoms with Crippen molar-refractivity contribution >= 4 is 51.1 Å². The minimum Gasteiger partial charge on any atom is -0.345 e. The van der Waals surface area contributed by atoms with Crippen LogP contribution >= 0.6 is 27.7 Å². The Morgan fingerprint density at radius 2 is 1.93 bits per heavy atom. The largest absolute Gasteiger partial charge is 0.345 e. The summed E-state index contributed by atoms with van der Waals surface area (Å²) < 4.78 is 0.929. The summed E-state index contributed by atoms with van der Waals surface area (Å²) in [5, 5.41) is 5.43. The van der Waals surface area contributed by atoms with Crippen molar-refractivity contribution in [2.45, 2.75) is 13.0 Å². The number of carbonyl (C=O) groups excluding carboxylic acids is 3. The summed E-state index contributed by atoms with van der Waals surface area (Å²) in [5.74, 6) is 0.150. The number of nitrogens with one attached hydrogen (secondary N) is 2. The molecule has 1 saturated heterocycles. The van der Waals surface area contributed by atoms with E-state index in [1.807, 2.05) is 25.1 Å². The standard InChI is InChI=1S/C20H20BrN3O3S/c1-13-9-15(21)7-8-16(13)23-18(25)10-22-19(26)17-11-28-12-24(17)20(27)14-5-3-2-4-6-14/h2-9,17H,10-12H2,1H3,(H,22,26)(H,23,25)/t17-/m0/s1. The van der Waals surface area contributed by atoms with E-state index in [9.17, 15) is 14.4 Å². The Kier molecular flexibility index (Phi) is 6.74. The van der Waals surface area contributed by atoms with Gasteiger partial charge in [0.25, 0.3) is 5.91 Å². The summed E-state index contributed by atoms with van der Waals surface area (Å²) in [6.07, 6.45) is 0. The van der Waals surface area contributed by atoms with Gasteiger partial charge in [-0.25, -0.2) is 0 Å². The van der Waals surface area contributed by atoms with Crippen LogP contribution in [0.25, 0.3) is 0 Å². The number of hydrogen-bond donors (Lipinski definition) is 2. The molecule has 2 N–H and O–H groups in total. The monoisotopic (exact) mass is 461 g/mol. The highest BCUT2D eigenvalue weighted by molar-refractivity contribution is 9.10. The highest BCUT2D eigenvalue weighted by Crippen LogP contribution is 2.23. The quantitative estimate of drug-likeness (QED) is 0.716. The summed E-state index contributed by atoms with van der Waals surface area (Å²) >= 11 is 4.90. The van der Waals surface area contributed by atoms with Crippen molar-refractivity contribution in [3.8, 4) is 0 Å². The van der Waals surface area contributed by atoms with Gasteiger partial charge in [-0.05, 0) is 42.8 Å². The molecule has 6 nitrogen and oxygen atoms in total. The number of thioether (sulfide) groups is 1. The molecule has 146 valence electrons. The topological polar surface area (TPSA) is 78.5 Å². The number of nitrogens with zero attached hydrogens (tertiary/aromatic N) is 1. The van der Waals surface area contributed by atoms with Crippen molar-refractivity contribution in [3.05, 3.63) is 64.1 Å². The Morgan fingerprint density at radius 1 is 1.18 bits per heavy atom. The second-order valence-corrected chi connectivity index (χ2v) is 8.30. The smallest absolute Gasteiger partial charge is 0.255 e. The van der Waals surface area contributed by atoms with E-state index in [-0.39, 0.29) is 24.3 Å². The lowest BCUT2D eigenvalue weighted by atomic mass is 10.1. The second-order valence-electron chi connectivity index (χ2n) is 6.38. The van der Waals surface area contributed by atoms with Crippen LogP contribution in [0.4, 0.5) is 5.69 Å². The molecule has 1 fully saturated rings. The molecule has 3 rings (SSSR count). The molecule has 0 radical (unpaired) electrons. The van der Waals surface area contributed by atoms with Crippen LogP contribution in [0, 0.1) is 6.92 Å². The van der Waals surface area contributed by atoms with Crippen LogP contribution in [0.3, 0.4) is 0 Å². The molecule has 0 saturated carbocycles. The highest BCUT2D eigenvalue weighted by atomic mass is 79.9. The fraction of sp³-hybridized carbons (Fsp3) is 0.250. The number of anilines is 1. The van der Waals surface area contributed by atoms with Crippen LogP contribution in [0.2, 0.25) is 0 Å². The molecule has 1 atom stereocenters. The van der Waals surface area contributed by atoms with Gasteiger partial charge in [0, 0.05) is 21.5 Å². The molecule has 1 aliphatic heterocycles. The van der Waals surface area contributed by atoms with Gasteiger partial charge in [0.05, 0.1) is 12.4 Å². The van der Waals surface area contributed by atoms with Crippen LogP contribution < -0.4 is 10.6 Å². The normalized spacial score (nSPS) is 15.9. The maximum atomic E-state index is 12.7. The van der Waals surface area contributed by atoms with Crippen molar-refractivity contribution in [1.82, 2.24) is 10.2 Å². The molecule has 28 heavy (non-hydrogen) atoms. The molecule has 0 spiro atoms. The second kappa shape index (κ2) is 9.25. The number of benzene rings is 2. The fourth-order valence-electron chi connectivity index (χ4n) is 2.85. The first kappa shape index (κ1) is 20.4. The van der Waals surface area contributed by atoms with Crippen LogP contribution in [0.5, 0.6) is 0 Å². The Balaban J connectivity index is 1.56. The number of rotatable bonds is 5. The van der Waals surface area contributed by atoms with Gasteiger partial charge in [-0.15, -0.1) is 11.8 Å². The van der Waals surface area contributed by atoms with E-state index in [1.54, 1.807) is 35.2 Å². The summed E-state index contributed by atoms with van der Waals surface area (Å²) in [5.41, 5.74) is 2.16. The average molecular weight is 462 g/mol. The van der Waals surface area contributed by atoms with Crippen molar-refractivity contribution in [2.24, 2.45) is 0 Å². The summed E-state index contributed by atoms with van der Waals surface area (Å²) in [4.78, 5) is 38.9. The molecule has 2 aromatic carbocycles. The van der Waals surface area contributed by atoms with Crippen molar-refractivity contribution in [2.75, 3.05) is 23.5 Å². The van der Waals surface area contributed by atoms with E-state index >= 15 is 0 Å². The lowest BCUT2D eigenvalue weighted by Gasteiger charge is -2.23. The van der Waals surface area contributed by atoms with Crippen LogP contribution in [-0.2, 0) is 9.59 Å². The highest BCUT2D eigenvalue weighted by Gasteiger charge is 2.35. The molecule has 0 bridgehead atoms. The van der Waals surface area contributed by atoms with Crippen molar-refractivity contribution in [3.63, 3.8) is 0 Å². The lowest BCUT2D eigenvalue weighted by molar-refractivity contribution is -0.126. The van der Waals surface area contributed by atoms with E-state index in [4.69, 9.17) is 0 Å². The molecular weight excluding hydrogens is 442 g/mol. The van der Waals surface area contributed by atoms with E-state index in [1.165, 1.54) is 11.8 Å². The lowest BCUT2D eigenvalue weighted by Crippen LogP contribution is -2.48. The Hall–Kier alpha value is -2.32. The maximum Gasteiger partial charge on any atom is 0.255 e. The fourth-order valence-corrected chi connectivity index (χ4v) is 4.48. The third-order valence-electron chi connectivity index (χ3n) is 4.35. The molecule has 1 aliphatic rings. The van der Waals surface area contributed by atoms with Gasteiger partial charge >= 0.3 is 0 Å². The van der Waals surface area contributed by atoms with Crippen LogP contribution in [0.15, 0.2) is 53.0 Å². The summed E-state index contributed by atoms with van der Waals surface area (Å²) in [6.45, 7) is 1.74. The number of hydrogen-bond acceptors (Lipinski definition) is 4. The van der Waals surface area contributed by atoms with Gasteiger partial charge in [-0.2, -0.15) is 0 Å². The van der Waals surface area contributed by atoms with Crippen molar-refractivity contribution in [1.29, 1.82) is 0 Å². The summed E-state index contributed by atoms with van der Waals surface area (Å²) in [7, 11) is 0. The molecular formula is C20H20BrN3O3S. The molecule has 0 unspecified atom stereocenters. The first-order chi connectivity index (χ1) is 13.5. The molecule has 3 amide bonds. The van der Waals surface area contributed by atoms with Gasteiger partial charge in [-0.3, -0.25) is 14.4 Å². The Bertz CT molecular complexity index is 892. The Morgan fingerprint density at radius 3 is 2.64 bits per heavy atom. The number of carbonyl (C=O) groups is 3. The first-order valence-electron chi connectivity index (χ1n) is 8.73. The molecule has 0 aromatic heterocycles. The van der Waals surface area contributed by atoms with E-state index in [0.29, 0.717) is 22.9 Å². The molecule has 0 aliphatic carbocycles. The van der Waals surface area contributed by atoms with Crippen LogP contribution in [0.1, 0.15) is 15.9 Å². The van der Waals surface area contributed by atoms with Gasteiger partial charge in [-0.1, -0.05) is 34.1 Å². The average Bonchev–Trinajstić information content (AvgIpc) is 3.18. The summed E-state index contributed by atoms with van der Waals surface area (Å²) in [6, 6.07) is 13.8. The number of amides is 3. The minimum atomic E-state index is -0.583. The zero-order chi connectivity index (χ0) is 20.1. The zero-order valence-corrected chi connectivity index (χ0v) is 17.7. The maximum absolute atomic E-state index is 12.7. The SMILES string of the molecule is Cc1cc(Br)ccc1NC(=O)CNC(=O)[C@@H]1CSCN1C(=O)c1ccccc1. The van der Waals surface area contributed by atoms with Gasteiger partial charge < -0.3 is 15.5 Å². The molecule has 2 aromatic rings. The zero-order valence-electron chi connectivity index (χ0n) is 15.3. The first-order valence-corrected chi connectivity index (χ1v) is 10.7. The third kappa shape index (κ3) is 4.94. The predicted octanol–water partition coefficient (Wildman–Crippen LogP) is 3.03. The number of halogens is 1. The van der Waals surface area contributed by atoms with E-state index < -0.39 is 6.04 Å². The van der Waals surface area contributed by atoms with Crippen LogP contribution in [-0.4, -0.2) is 46.8 Å². The molecule has 1 heterocycles. The van der Waals surface area contributed by atoms with E-state index in [0.717, 1.165) is 10.0 Å². The van der Waals surface area contributed by atoms with Crippen molar-refractivity contribution < 1.29 is 14.4 Å².